The van der Waals surface area contributed by atoms with Crippen LogP contribution in [-0.4, -0.2) is 40.0 Å². The highest BCUT2D eigenvalue weighted by atomic mass is 16.6. The lowest BCUT2D eigenvalue weighted by atomic mass is 9.97. The average molecular weight is 247 g/mol. The first-order valence-electron chi connectivity index (χ1n) is 5.45. The monoisotopic (exact) mass is 247 g/mol. The van der Waals surface area contributed by atoms with Crippen molar-refractivity contribution >= 4 is 12.1 Å². The predicted molar refractivity (Wildman–Crippen MR) is 61.6 cm³/mol. The van der Waals surface area contributed by atoms with E-state index in [1.54, 1.807) is 27.7 Å². The first-order chi connectivity index (χ1) is 7.54. The van der Waals surface area contributed by atoms with Crippen molar-refractivity contribution in [2.45, 2.75) is 52.4 Å². The summed E-state index contributed by atoms with van der Waals surface area (Å²) in [6.07, 6.45) is -1.65. The summed E-state index contributed by atoms with van der Waals surface area (Å²) in [7, 11) is 0. The fourth-order valence-corrected chi connectivity index (χ4v) is 1.13. The van der Waals surface area contributed by atoms with E-state index in [-0.39, 0.29) is 0 Å². The molecule has 3 N–H and O–H groups in total. The first-order valence-corrected chi connectivity index (χ1v) is 5.45. The quantitative estimate of drug-likeness (QED) is 0.688. The smallest absolute Gasteiger partial charge is 0.408 e. The number of hydrogen-bond donors (Lipinski definition) is 3. The molecule has 0 aromatic rings. The van der Waals surface area contributed by atoms with Crippen molar-refractivity contribution in [3.05, 3.63) is 0 Å². The standard InChI is InChI=1S/C11H21NO5/c1-6(7(2)13)8(9(14)15)12-10(16)17-11(3,4)5/h6-8,13H,1-5H3,(H,12,16)(H,14,15)/t6-,7+,8?/m0/s1. The molecule has 0 bridgehead atoms. The largest absolute Gasteiger partial charge is 0.480 e. The van der Waals surface area contributed by atoms with Gasteiger partial charge in [-0.3, -0.25) is 0 Å². The molecule has 0 aromatic heterocycles. The Morgan fingerprint density at radius 1 is 1.24 bits per heavy atom. The third-order valence-corrected chi connectivity index (χ3v) is 2.22. The molecule has 0 spiro atoms. The topological polar surface area (TPSA) is 95.9 Å². The first kappa shape index (κ1) is 15.7. The van der Waals surface area contributed by atoms with Gasteiger partial charge in [0.1, 0.15) is 11.6 Å². The fourth-order valence-electron chi connectivity index (χ4n) is 1.13. The van der Waals surface area contributed by atoms with E-state index in [1.807, 2.05) is 0 Å². The minimum absolute atomic E-state index is 0.611. The van der Waals surface area contributed by atoms with Gasteiger partial charge in [-0.1, -0.05) is 6.92 Å². The molecule has 0 fully saturated rings. The number of aliphatic carboxylic acids is 1. The number of carbonyl (C=O) groups excluding carboxylic acids is 1. The molecule has 1 amide bonds. The van der Waals surface area contributed by atoms with Gasteiger partial charge in [0.25, 0.3) is 0 Å². The SMILES string of the molecule is C[C@H](C(NC(=O)OC(C)(C)C)C(=O)O)[C@@H](C)O. The fraction of sp³-hybridized carbons (Fsp3) is 0.818. The van der Waals surface area contributed by atoms with Crippen molar-refractivity contribution in [3.63, 3.8) is 0 Å². The van der Waals surface area contributed by atoms with Crippen molar-refractivity contribution in [1.82, 2.24) is 5.32 Å². The van der Waals surface area contributed by atoms with Crippen molar-refractivity contribution < 1.29 is 24.5 Å². The number of alkyl carbamates (subject to hydrolysis) is 1. The van der Waals surface area contributed by atoms with Crippen LogP contribution in [0, 0.1) is 5.92 Å². The summed E-state index contributed by atoms with van der Waals surface area (Å²) in [5.41, 5.74) is -0.693. The van der Waals surface area contributed by atoms with Crippen LogP contribution in [0.25, 0.3) is 0 Å². The molecule has 3 atom stereocenters. The highest BCUT2D eigenvalue weighted by Gasteiger charge is 2.31. The van der Waals surface area contributed by atoms with E-state index in [0.717, 1.165) is 0 Å². The van der Waals surface area contributed by atoms with Crippen molar-refractivity contribution in [1.29, 1.82) is 0 Å². The maximum absolute atomic E-state index is 11.4. The van der Waals surface area contributed by atoms with E-state index < -0.39 is 35.7 Å². The number of amides is 1. The summed E-state index contributed by atoms with van der Waals surface area (Å²) in [5.74, 6) is -1.82. The number of hydrogen-bond acceptors (Lipinski definition) is 4. The molecule has 6 heteroatoms. The molecule has 17 heavy (non-hydrogen) atoms. The van der Waals surface area contributed by atoms with Crippen LogP contribution in [0.4, 0.5) is 4.79 Å². The molecule has 100 valence electrons. The maximum Gasteiger partial charge on any atom is 0.408 e. The van der Waals surface area contributed by atoms with Gasteiger partial charge in [0.15, 0.2) is 0 Å². The van der Waals surface area contributed by atoms with Gasteiger partial charge < -0.3 is 20.3 Å². The number of carboxylic acid groups (broad SMARTS) is 1. The lowest BCUT2D eigenvalue weighted by Crippen LogP contribution is -2.49. The van der Waals surface area contributed by atoms with Gasteiger partial charge in [0.05, 0.1) is 6.10 Å². The molecule has 6 nitrogen and oxygen atoms in total. The van der Waals surface area contributed by atoms with Gasteiger partial charge in [0.2, 0.25) is 0 Å². The van der Waals surface area contributed by atoms with Crippen LogP contribution in [0.2, 0.25) is 0 Å². The van der Waals surface area contributed by atoms with E-state index in [4.69, 9.17) is 9.84 Å². The normalized spacial score (nSPS) is 16.8. The number of carboxylic acids is 1. The summed E-state index contributed by atoms with van der Waals surface area (Å²) in [6, 6.07) is -1.18. The molecule has 0 radical (unpaired) electrons. The van der Waals surface area contributed by atoms with Gasteiger partial charge in [-0.05, 0) is 27.7 Å². The van der Waals surface area contributed by atoms with Crippen molar-refractivity contribution in [3.8, 4) is 0 Å². The summed E-state index contributed by atoms with van der Waals surface area (Å²) < 4.78 is 4.95. The number of aliphatic hydroxyl groups excluding tert-OH is 1. The Bertz CT molecular complexity index is 282. The maximum atomic E-state index is 11.4. The number of nitrogens with one attached hydrogen (secondary N) is 1. The van der Waals surface area contributed by atoms with Gasteiger partial charge in [-0.25, -0.2) is 9.59 Å². The Morgan fingerprint density at radius 3 is 2.00 bits per heavy atom. The Labute approximate surface area is 101 Å². The van der Waals surface area contributed by atoms with Gasteiger partial charge in [0, 0.05) is 5.92 Å². The van der Waals surface area contributed by atoms with Crippen LogP contribution < -0.4 is 5.32 Å². The predicted octanol–water partition coefficient (Wildman–Crippen LogP) is 0.981. The molecule has 0 saturated heterocycles. The summed E-state index contributed by atoms with van der Waals surface area (Å²) >= 11 is 0. The Balaban J connectivity index is 4.57. The second-order valence-electron chi connectivity index (χ2n) is 5.06. The summed E-state index contributed by atoms with van der Waals surface area (Å²) in [6.45, 7) is 8.06. The third-order valence-electron chi connectivity index (χ3n) is 2.22. The van der Waals surface area contributed by atoms with Crippen LogP contribution in [0.5, 0.6) is 0 Å². The molecule has 0 aliphatic carbocycles. The lowest BCUT2D eigenvalue weighted by molar-refractivity contribution is -0.142. The van der Waals surface area contributed by atoms with Crippen LogP contribution in [-0.2, 0) is 9.53 Å². The average Bonchev–Trinajstić information content (AvgIpc) is 2.09. The highest BCUT2D eigenvalue weighted by Crippen LogP contribution is 2.11. The van der Waals surface area contributed by atoms with Crippen LogP contribution in [0.3, 0.4) is 0 Å². The zero-order valence-electron chi connectivity index (χ0n) is 10.9. The van der Waals surface area contributed by atoms with Crippen molar-refractivity contribution in [2.24, 2.45) is 5.92 Å². The minimum atomic E-state index is -1.20. The summed E-state index contributed by atoms with van der Waals surface area (Å²) in [4.78, 5) is 22.4. The third kappa shape index (κ3) is 6.11. The van der Waals surface area contributed by atoms with Gasteiger partial charge in [-0.2, -0.15) is 0 Å². The van der Waals surface area contributed by atoms with Crippen LogP contribution in [0.1, 0.15) is 34.6 Å². The molecule has 0 saturated carbocycles. The highest BCUT2D eigenvalue weighted by molar-refractivity contribution is 5.80. The van der Waals surface area contributed by atoms with Crippen LogP contribution >= 0.6 is 0 Å². The van der Waals surface area contributed by atoms with Gasteiger partial charge >= 0.3 is 12.1 Å². The van der Waals surface area contributed by atoms with Crippen molar-refractivity contribution in [2.75, 3.05) is 0 Å². The molecule has 0 aromatic carbocycles. The Morgan fingerprint density at radius 2 is 1.71 bits per heavy atom. The minimum Gasteiger partial charge on any atom is -0.480 e. The zero-order chi connectivity index (χ0) is 13.8. The summed E-state index contributed by atoms with van der Waals surface area (Å²) in [5, 5.41) is 20.5. The molecule has 1 unspecified atom stereocenters. The molecule has 0 rings (SSSR count). The van der Waals surface area contributed by atoms with E-state index >= 15 is 0 Å². The molecular formula is C11H21NO5. The van der Waals surface area contributed by atoms with Crippen LogP contribution in [0.15, 0.2) is 0 Å². The number of ether oxygens (including phenoxy) is 1. The Kier molecular flexibility index (Phi) is 5.41. The van der Waals surface area contributed by atoms with E-state index in [1.165, 1.54) is 6.92 Å². The number of aliphatic hydroxyl groups is 1. The second-order valence-corrected chi connectivity index (χ2v) is 5.06. The number of carbonyl (C=O) groups is 2. The zero-order valence-corrected chi connectivity index (χ0v) is 10.9. The molecule has 0 aliphatic heterocycles. The van der Waals surface area contributed by atoms with E-state index in [0.29, 0.717) is 0 Å². The second kappa shape index (κ2) is 5.86. The number of rotatable bonds is 4. The van der Waals surface area contributed by atoms with Gasteiger partial charge in [-0.15, -0.1) is 0 Å². The molecular weight excluding hydrogens is 226 g/mol. The van der Waals surface area contributed by atoms with E-state index in [9.17, 15) is 14.7 Å². The molecule has 0 heterocycles. The van der Waals surface area contributed by atoms with E-state index in [2.05, 4.69) is 5.32 Å². The Hall–Kier alpha value is -1.30. The lowest BCUT2D eigenvalue weighted by Gasteiger charge is -2.26. The molecule has 0 aliphatic rings.